The Bertz CT molecular complexity index is 1430. The van der Waals surface area contributed by atoms with E-state index in [9.17, 15) is 18.4 Å². The van der Waals surface area contributed by atoms with E-state index in [0.717, 1.165) is 24.1 Å². The first-order valence-corrected chi connectivity index (χ1v) is 14.4. The summed E-state index contributed by atoms with van der Waals surface area (Å²) in [5, 5.41) is 3.47. The molecule has 3 aromatic carbocycles. The van der Waals surface area contributed by atoms with Crippen LogP contribution in [0.5, 0.6) is 0 Å². The van der Waals surface area contributed by atoms with Gasteiger partial charge >= 0.3 is 6.09 Å². The van der Waals surface area contributed by atoms with E-state index in [4.69, 9.17) is 27.9 Å². The first-order valence-electron chi connectivity index (χ1n) is 13.6. The molecule has 0 aliphatic carbocycles. The molecule has 1 fully saturated rings. The molecule has 3 aromatic rings. The molecule has 2 heterocycles. The molecule has 2 aliphatic rings. The summed E-state index contributed by atoms with van der Waals surface area (Å²) in [5.74, 6) is -1.19. The van der Waals surface area contributed by atoms with Crippen LogP contribution in [0.1, 0.15) is 48.3 Å². The summed E-state index contributed by atoms with van der Waals surface area (Å²) in [5.41, 5.74) is 2.03. The number of anilines is 1. The van der Waals surface area contributed by atoms with Gasteiger partial charge in [0.2, 0.25) is 5.91 Å². The minimum Gasteiger partial charge on any atom is -0.438 e. The van der Waals surface area contributed by atoms with Crippen molar-refractivity contribution in [2.75, 3.05) is 32.0 Å². The number of hydrogen-bond acceptors (Lipinski definition) is 4. The number of nitrogens with one attached hydrogen (secondary N) is 1. The molecule has 41 heavy (non-hydrogen) atoms. The number of rotatable bonds is 8. The average molecular weight is 603 g/mol. The number of likely N-dealkylation sites (tertiary alicyclic amines) is 1. The summed E-state index contributed by atoms with van der Waals surface area (Å²) in [4.78, 5) is 29.8. The first kappa shape index (κ1) is 29.3. The van der Waals surface area contributed by atoms with Crippen molar-refractivity contribution in [3.8, 4) is 0 Å². The Morgan fingerprint density at radius 3 is 2.44 bits per heavy atom. The molecular weight excluding hydrogens is 571 g/mol. The van der Waals surface area contributed by atoms with Crippen LogP contribution in [0.15, 0.2) is 60.7 Å². The minimum atomic E-state index is -0.849. The van der Waals surface area contributed by atoms with Gasteiger partial charge in [-0.1, -0.05) is 41.4 Å². The smallest absolute Gasteiger partial charge is 0.412 e. The zero-order valence-corrected chi connectivity index (χ0v) is 24.2. The Balaban J connectivity index is 1.24. The topological polar surface area (TPSA) is 61.9 Å². The maximum atomic E-state index is 14.1. The fraction of sp³-hybridized carbons (Fsp3) is 0.355. The zero-order chi connectivity index (χ0) is 29.1. The standard InChI is InChI=1S/C31H31Cl2F2N3O3/c1-37(19-20-4-7-22(34)8-5-20)29(39)24(21-6-10-26(32)27(33)17-21)3-2-14-38-15-12-31(13-16-38)25-18-23(35)9-11-28(25)36-30(40)41-31/h4-11,17-18,24H,2-3,12-16,19H2,1H3,(H,36,40). The van der Waals surface area contributed by atoms with Gasteiger partial charge in [-0.3, -0.25) is 10.1 Å². The van der Waals surface area contributed by atoms with E-state index in [2.05, 4.69) is 10.2 Å². The summed E-state index contributed by atoms with van der Waals surface area (Å²) in [7, 11) is 1.74. The Hall–Kier alpha value is -3.20. The van der Waals surface area contributed by atoms with Gasteiger partial charge in [0.1, 0.15) is 17.2 Å². The van der Waals surface area contributed by atoms with Crippen LogP contribution in [-0.2, 0) is 21.7 Å². The Kier molecular flexibility index (Phi) is 8.82. The van der Waals surface area contributed by atoms with E-state index in [1.165, 1.54) is 24.3 Å². The number of carbonyl (C=O) groups is 2. The highest BCUT2D eigenvalue weighted by atomic mass is 35.5. The van der Waals surface area contributed by atoms with Gasteiger partial charge in [-0.25, -0.2) is 13.6 Å². The van der Waals surface area contributed by atoms with E-state index in [-0.39, 0.29) is 17.5 Å². The van der Waals surface area contributed by atoms with E-state index in [1.807, 2.05) is 6.07 Å². The van der Waals surface area contributed by atoms with Crippen LogP contribution in [-0.4, -0.2) is 48.5 Å². The summed E-state index contributed by atoms with van der Waals surface area (Å²) >= 11 is 12.4. The summed E-state index contributed by atoms with van der Waals surface area (Å²) in [6.07, 6.45) is 1.89. The second-order valence-corrected chi connectivity index (χ2v) is 11.5. The molecule has 1 unspecified atom stereocenters. The second-order valence-electron chi connectivity index (χ2n) is 10.7. The van der Waals surface area contributed by atoms with Crippen LogP contribution in [0.4, 0.5) is 19.3 Å². The van der Waals surface area contributed by atoms with Crippen LogP contribution in [0.2, 0.25) is 10.0 Å². The van der Waals surface area contributed by atoms with Crippen LogP contribution in [0.25, 0.3) is 0 Å². The highest BCUT2D eigenvalue weighted by Crippen LogP contribution is 2.44. The van der Waals surface area contributed by atoms with Crippen LogP contribution < -0.4 is 5.32 Å². The second kappa shape index (κ2) is 12.3. The molecule has 10 heteroatoms. The van der Waals surface area contributed by atoms with Crippen LogP contribution in [0.3, 0.4) is 0 Å². The predicted octanol–water partition coefficient (Wildman–Crippen LogP) is 7.35. The third-order valence-corrected chi connectivity index (χ3v) is 8.72. The number of benzene rings is 3. The molecule has 1 N–H and O–H groups in total. The number of piperidine rings is 1. The van der Waals surface area contributed by atoms with E-state index in [0.29, 0.717) is 60.2 Å². The molecular formula is C31H31Cl2F2N3O3. The monoisotopic (exact) mass is 601 g/mol. The Morgan fingerprint density at radius 2 is 1.73 bits per heavy atom. The quantitative estimate of drug-likeness (QED) is 0.293. The van der Waals surface area contributed by atoms with Gasteiger partial charge in [0, 0.05) is 45.1 Å². The maximum Gasteiger partial charge on any atom is 0.412 e. The van der Waals surface area contributed by atoms with E-state index < -0.39 is 17.6 Å². The molecule has 0 saturated carbocycles. The average Bonchev–Trinajstić information content (AvgIpc) is 2.95. The number of carbonyl (C=O) groups excluding carboxylic acids is 2. The molecule has 216 valence electrons. The van der Waals surface area contributed by atoms with Crippen molar-refractivity contribution in [2.45, 2.75) is 43.7 Å². The van der Waals surface area contributed by atoms with E-state index >= 15 is 0 Å². The molecule has 0 aromatic heterocycles. The third kappa shape index (κ3) is 6.66. The number of hydrogen-bond donors (Lipinski definition) is 1. The van der Waals surface area contributed by atoms with Gasteiger partial charge in [-0.2, -0.15) is 0 Å². The number of nitrogens with zero attached hydrogens (tertiary/aromatic N) is 2. The molecule has 1 saturated heterocycles. The number of ether oxygens (including phenoxy) is 1. The van der Waals surface area contributed by atoms with Crippen molar-refractivity contribution in [3.05, 3.63) is 99.0 Å². The normalized spacial score (nSPS) is 17.0. The molecule has 5 rings (SSSR count). The van der Waals surface area contributed by atoms with Gasteiger partial charge in [-0.05, 0) is 73.0 Å². The first-order chi connectivity index (χ1) is 19.6. The van der Waals surface area contributed by atoms with Gasteiger partial charge < -0.3 is 14.5 Å². The summed E-state index contributed by atoms with van der Waals surface area (Å²) in [6.45, 7) is 2.42. The Labute approximate surface area is 248 Å². The lowest BCUT2D eigenvalue weighted by Gasteiger charge is -2.44. The molecule has 0 radical (unpaired) electrons. The van der Waals surface area contributed by atoms with Crippen molar-refractivity contribution in [2.24, 2.45) is 0 Å². The molecule has 2 amide bonds. The van der Waals surface area contributed by atoms with Crippen LogP contribution >= 0.6 is 23.2 Å². The lowest BCUT2D eigenvalue weighted by atomic mass is 9.82. The molecule has 6 nitrogen and oxygen atoms in total. The van der Waals surface area contributed by atoms with Gasteiger partial charge in [0.15, 0.2) is 0 Å². The maximum absolute atomic E-state index is 14.1. The zero-order valence-electron chi connectivity index (χ0n) is 22.6. The largest absolute Gasteiger partial charge is 0.438 e. The number of amides is 2. The third-order valence-electron chi connectivity index (χ3n) is 7.98. The fourth-order valence-electron chi connectivity index (χ4n) is 5.77. The minimum absolute atomic E-state index is 0.0643. The molecule has 0 bridgehead atoms. The fourth-order valence-corrected chi connectivity index (χ4v) is 6.07. The van der Waals surface area contributed by atoms with Crippen molar-refractivity contribution >= 4 is 40.9 Å². The lowest BCUT2D eigenvalue weighted by Crippen LogP contribution is -2.48. The highest BCUT2D eigenvalue weighted by molar-refractivity contribution is 6.42. The van der Waals surface area contributed by atoms with Crippen molar-refractivity contribution in [1.29, 1.82) is 0 Å². The van der Waals surface area contributed by atoms with Crippen LogP contribution in [0, 0.1) is 11.6 Å². The van der Waals surface area contributed by atoms with Crippen molar-refractivity contribution < 1.29 is 23.1 Å². The lowest BCUT2D eigenvalue weighted by molar-refractivity contribution is -0.132. The van der Waals surface area contributed by atoms with Crippen molar-refractivity contribution in [3.63, 3.8) is 0 Å². The molecule has 1 atom stereocenters. The summed E-state index contributed by atoms with van der Waals surface area (Å²) < 4.78 is 33.1. The Morgan fingerprint density at radius 1 is 1.02 bits per heavy atom. The van der Waals surface area contributed by atoms with Gasteiger partial charge in [0.05, 0.1) is 21.7 Å². The van der Waals surface area contributed by atoms with E-state index in [1.54, 1.807) is 42.3 Å². The van der Waals surface area contributed by atoms with Crippen molar-refractivity contribution in [1.82, 2.24) is 9.80 Å². The summed E-state index contributed by atoms with van der Waals surface area (Å²) in [6, 6.07) is 15.7. The SMILES string of the molecule is CN(Cc1ccc(F)cc1)C(=O)C(CCCN1CCC2(CC1)OC(=O)Nc1ccc(F)cc12)c1ccc(Cl)c(Cl)c1. The molecule has 2 aliphatic heterocycles. The number of likely N-dealkylation sites (N-methyl/N-ethyl adjacent to an activating group) is 1. The van der Waals surface area contributed by atoms with Gasteiger partial charge in [0.25, 0.3) is 0 Å². The predicted molar refractivity (Wildman–Crippen MR) is 155 cm³/mol. The molecule has 1 spiro atoms. The highest BCUT2D eigenvalue weighted by Gasteiger charge is 2.44. The number of halogens is 4. The van der Waals surface area contributed by atoms with Gasteiger partial charge in [-0.15, -0.1) is 0 Å². The number of fused-ring (bicyclic) bond motifs is 2.